The van der Waals surface area contributed by atoms with Crippen molar-refractivity contribution in [2.75, 3.05) is 25.0 Å². The third-order valence-electron chi connectivity index (χ3n) is 7.60. The Morgan fingerprint density at radius 3 is 2.37 bits per heavy atom. The number of anilines is 1. The zero-order chi connectivity index (χ0) is 29.0. The first-order chi connectivity index (χ1) is 19.7. The van der Waals surface area contributed by atoms with Crippen LogP contribution in [0.3, 0.4) is 0 Å². The number of aromatic nitrogens is 3. The van der Waals surface area contributed by atoms with E-state index >= 15 is 0 Å². The van der Waals surface area contributed by atoms with E-state index in [-0.39, 0.29) is 12.1 Å². The molecule has 0 unspecified atom stereocenters. The molecular formula is C31H33F3N6O. The summed E-state index contributed by atoms with van der Waals surface area (Å²) < 4.78 is 38.8. The smallest absolute Gasteiger partial charge is 0.342 e. The summed E-state index contributed by atoms with van der Waals surface area (Å²) in [5.41, 5.74) is 3.50. The number of urea groups is 1. The molecule has 2 aromatic heterocycles. The van der Waals surface area contributed by atoms with Crippen molar-refractivity contribution in [2.24, 2.45) is 0 Å². The minimum absolute atomic E-state index is 0.0652. The lowest BCUT2D eigenvalue weighted by Crippen LogP contribution is -2.50. The lowest BCUT2D eigenvalue weighted by molar-refractivity contribution is -0.137. The number of pyridine rings is 1. The molecule has 3 heterocycles. The number of imidazole rings is 1. The molecule has 0 bridgehead atoms. The van der Waals surface area contributed by atoms with Crippen LogP contribution in [-0.2, 0) is 19.3 Å². The van der Waals surface area contributed by atoms with Gasteiger partial charge in [0, 0.05) is 56.7 Å². The predicted molar refractivity (Wildman–Crippen MR) is 152 cm³/mol. The summed E-state index contributed by atoms with van der Waals surface area (Å²) in [7, 11) is 1.78. The third kappa shape index (κ3) is 6.77. The molecule has 5 rings (SSSR count). The molecule has 0 spiro atoms. The van der Waals surface area contributed by atoms with Gasteiger partial charge in [0.05, 0.1) is 23.1 Å². The number of carbonyl (C=O) groups is 1. The number of amides is 2. The first-order valence-electron chi connectivity index (χ1n) is 13.6. The van der Waals surface area contributed by atoms with Crippen molar-refractivity contribution in [3.63, 3.8) is 0 Å². The van der Waals surface area contributed by atoms with Crippen molar-refractivity contribution < 1.29 is 18.0 Å². The van der Waals surface area contributed by atoms with Crippen molar-refractivity contribution in [1.29, 1.82) is 0 Å². The zero-order valence-corrected chi connectivity index (χ0v) is 23.1. The van der Waals surface area contributed by atoms with Crippen molar-refractivity contribution in [2.45, 2.75) is 45.1 Å². The van der Waals surface area contributed by atoms with Crippen LogP contribution in [0.25, 0.3) is 11.4 Å². The molecule has 214 valence electrons. The number of nitrogens with zero attached hydrogens (tertiary/aromatic N) is 5. The first kappa shape index (κ1) is 28.4. The number of hydrogen-bond acceptors (Lipinski definition) is 4. The van der Waals surface area contributed by atoms with E-state index in [0.717, 1.165) is 60.7 Å². The average molecular weight is 563 g/mol. The minimum atomic E-state index is -4.37. The van der Waals surface area contributed by atoms with Gasteiger partial charge in [-0.25, -0.2) is 9.78 Å². The van der Waals surface area contributed by atoms with Gasteiger partial charge in [-0.2, -0.15) is 13.2 Å². The maximum atomic E-state index is 13.7. The van der Waals surface area contributed by atoms with Gasteiger partial charge in [0.2, 0.25) is 0 Å². The van der Waals surface area contributed by atoms with Crippen LogP contribution < -0.4 is 4.90 Å². The van der Waals surface area contributed by atoms with Gasteiger partial charge in [-0.15, -0.1) is 0 Å². The lowest BCUT2D eigenvalue weighted by Gasteiger charge is -2.40. The standard InChI is InChI=1S/C31H33F3N6O/c1-22-28(37-29(36-22)24-10-12-25(13-11-24)31(32,33)34)21-39-17-14-26(15-18-39)40(20-23-7-4-3-5-8-23)30(41)38(2)27-9-6-16-35-19-27/h3-13,16,19,26H,14-15,17-18,20-21H2,1-2H3,(H,36,37). The summed E-state index contributed by atoms with van der Waals surface area (Å²) in [6, 6.07) is 18.7. The minimum Gasteiger partial charge on any atom is -0.342 e. The fourth-order valence-electron chi connectivity index (χ4n) is 5.19. The van der Waals surface area contributed by atoms with Crippen LogP contribution in [0.15, 0.2) is 79.1 Å². The van der Waals surface area contributed by atoms with Gasteiger partial charge in [0.1, 0.15) is 5.82 Å². The third-order valence-corrected chi connectivity index (χ3v) is 7.60. The van der Waals surface area contributed by atoms with Crippen molar-refractivity contribution in [1.82, 2.24) is 24.8 Å². The number of aromatic amines is 1. The van der Waals surface area contributed by atoms with Gasteiger partial charge in [-0.1, -0.05) is 42.5 Å². The summed E-state index contributed by atoms with van der Waals surface area (Å²) in [6.07, 6.45) is 0.632. The van der Waals surface area contributed by atoms with Crippen LogP contribution in [0.1, 0.15) is 35.4 Å². The predicted octanol–water partition coefficient (Wildman–Crippen LogP) is 6.52. The number of hydrogen-bond donors (Lipinski definition) is 1. The molecule has 0 radical (unpaired) electrons. The van der Waals surface area contributed by atoms with E-state index in [1.165, 1.54) is 12.1 Å². The van der Waals surface area contributed by atoms with Crippen molar-refractivity contribution in [3.05, 3.63) is 102 Å². The highest BCUT2D eigenvalue weighted by Gasteiger charge is 2.32. The molecule has 7 nitrogen and oxygen atoms in total. The molecule has 0 aliphatic carbocycles. The Kier molecular flexibility index (Phi) is 8.39. The van der Waals surface area contributed by atoms with Crippen LogP contribution in [0.4, 0.5) is 23.7 Å². The maximum absolute atomic E-state index is 13.7. The monoisotopic (exact) mass is 562 g/mol. The molecule has 4 aromatic rings. The van der Waals surface area contributed by atoms with E-state index in [1.54, 1.807) is 24.3 Å². The van der Waals surface area contributed by atoms with Gasteiger partial charge in [-0.05, 0) is 49.6 Å². The Morgan fingerprint density at radius 2 is 1.73 bits per heavy atom. The molecular weight excluding hydrogens is 529 g/mol. The second kappa shape index (κ2) is 12.1. The summed E-state index contributed by atoms with van der Waals surface area (Å²) in [6.45, 7) is 4.66. The van der Waals surface area contributed by atoms with E-state index in [4.69, 9.17) is 4.98 Å². The SMILES string of the molecule is Cc1[nH]c(-c2ccc(C(F)(F)F)cc2)nc1CN1CCC(N(Cc2ccccc2)C(=O)N(C)c2cccnc2)CC1. The number of benzene rings is 2. The number of carbonyl (C=O) groups excluding carboxylic acids is 1. The summed E-state index contributed by atoms with van der Waals surface area (Å²) in [4.78, 5) is 31.7. The fourth-order valence-corrected chi connectivity index (χ4v) is 5.19. The Hall–Kier alpha value is -4.18. The number of aryl methyl sites for hydroxylation is 1. The number of piperidine rings is 1. The van der Waals surface area contributed by atoms with Gasteiger partial charge in [-0.3, -0.25) is 14.8 Å². The highest BCUT2D eigenvalue weighted by molar-refractivity contribution is 5.91. The van der Waals surface area contributed by atoms with Gasteiger partial charge < -0.3 is 9.88 Å². The number of likely N-dealkylation sites (tertiary alicyclic amines) is 1. The second-order valence-electron chi connectivity index (χ2n) is 10.4. The second-order valence-corrected chi connectivity index (χ2v) is 10.4. The van der Waals surface area contributed by atoms with E-state index < -0.39 is 11.7 Å². The molecule has 0 atom stereocenters. The molecule has 1 fully saturated rings. The Bertz CT molecular complexity index is 1430. The Balaban J connectivity index is 1.25. The molecule has 1 saturated heterocycles. The fraction of sp³-hybridized carbons (Fsp3) is 0.323. The average Bonchev–Trinajstić information content (AvgIpc) is 3.36. The summed E-state index contributed by atoms with van der Waals surface area (Å²) in [5, 5.41) is 0. The van der Waals surface area contributed by atoms with E-state index in [2.05, 4.69) is 14.9 Å². The number of nitrogens with one attached hydrogen (secondary N) is 1. The number of H-pyrrole nitrogens is 1. The molecule has 1 aliphatic rings. The van der Waals surface area contributed by atoms with Crippen molar-refractivity contribution in [3.8, 4) is 11.4 Å². The molecule has 0 saturated carbocycles. The zero-order valence-electron chi connectivity index (χ0n) is 23.1. The van der Waals surface area contributed by atoms with E-state index in [0.29, 0.717) is 24.5 Å². The maximum Gasteiger partial charge on any atom is 0.416 e. The van der Waals surface area contributed by atoms with Crippen LogP contribution in [0.2, 0.25) is 0 Å². The topological polar surface area (TPSA) is 68.4 Å². The quantitative estimate of drug-likeness (QED) is 0.278. The van der Waals surface area contributed by atoms with Crippen LogP contribution in [-0.4, -0.2) is 57.0 Å². The molecule has 2 amide bonds. The van der Waals surface area contributed by atoms with E-state index in [9.17, 15) is 18.0 Å². The van der Waals surface area contributed by atoms with Gasteiger partial charge in [0.15, 0.2) is 0 Å². The molecule has 2 aromatic carbocycles. The Labute approximate surface area is 237 Å². The van der Waals surface area contributed by atoms with Gasteiger partial charge in [0.25, 0.3) is 0 Å². The highest BCUT2D eigenvalue weighted by Crippen LogP contribution is 2.31. The lowest BCUT2D eigenvalue weighted by atomic mass is 10.0. The summed E-state index contributed by atoms with van der Waals surface area (Å²) >= 11 is 0. The Morgan fingerprint density at radius 1 is 1.02 bits per heavy atom. The summed E-state index contributed by atoms with van der Waals surface area (Å²) in [5.74, 6) is 0.555. The molecule has 10 heteroatoms. The molecule has 1 aliphatic heterocycles. The number of halogens is 3. The number of rotatable bonds is 7. The van der Waals surface area contributed by atoms with Crippen LogP contribution >= 0.6 is 0 Å². The van der Waals surface area contributed by atoms with Crippen molar-refractivity contribution >= 4 is 11.7 Å². The van der Waals surface area contributed by atoms with E-state index in [1.807, 2.05) is 54.3 Å². The van der Waals surface area contributed by atoms with Gasteiger partial charge >= 0.3 is 12.2 Å². The highest BCUT2D eigenvalue weighted by atomic mass is 19.4. The first-order valence-corrected chi connectivity index (χ1v) is 13.6. The number of alkyl halides is 3. The molecule has 41 heavy (non-hydrogen) atoms. The normalized spacial score (nSPS) is 14.7. The van der Waals surface area contributed by atoms with Crippen LogP contribution in [0, 0.1) is 6.92 Å². The molecule has 1 N–H and O–H groups in total. The van der Waals surface area contributed by atoms with Crippen LogP contribution in [0.5, 0.6) is 0 Å². The largest absolute Gasteiger partial charge is 0.416 e.